The average molecular weight is 275 g/mol. The number of rotatable bonds is 4. The molecule has 1 aromatic heterocycles. The number of carbonyl (C=O) groups is 1. The van der Waals surface area contributed by atoms with E-state index in [2.05, 4.69) is 36.1 Å². The molecule has 1 aromatic rings. The van der Waals surface area contributed by atoms with E-state index in [1.807, 2.05) is 6.92 Å². The van der Waals surface area contributed by atoms with Crippen LogP contribution in [0.25, 0.3) is 0 Å². The fraction of sp³-hybridized carbons (Fsp3) is 0.533. The van der Waals surface area contributed by atoms with E-state index in [-0.39, 0.29) is 11.1 Å². The van der Waals surface area contributed by atoms with Crippen LogP contribution in [0.4, 0.5) is 0 Å². The molecule has 0 saturated carbocycles. The number of hydrogen-bond donors (Lipinski definition) is 2. The molecule has 0 aliphatic carbocycles. The second kappa shape index (κ2) is 5.23. The third-order valence-corrected chi connectivity index (χ3v) is 4.03. The maximum Gasteiger partial charge on any atom is 0.338 e. The van der Waals surface area contributed by atoms with Gasteiger partial charge in [-0.2, -0.15) is 0 Å². The average Bonchev–Trinajstić information content (AvgIpc) is 2.82. The van der Waals surface area contributed by atoms with Crippen LogP contribution in [0.2, 0.25) is 0 Å². The lowest BCUT2D eigenvalue weighted by molar-refractivity contribution is 0.0696. The summed E-state index contributed by atoms with van der Waals surface area (Å²) in [6, 6.07) is 1.68. The van der Waals surface area contributed by atoms with Gasteiger partial charge >= 0.3 is 5.97 Å². The minimum Gasteiger partial charge on any atom is -0.478 e. The Hall–Kier alpha value is -1.91. The zero-order valence-electron chi connectivity index (χ0n) is 12.4. The Morgan fingerprint density at radius 1 is 1.55 bits per heavy atom. The van der Waals surface area contributed by atoms with Crippen molar-refractivity contribution in [2.75, 3.05) is 6.54 Å². The molecule has 1 aliphatic rings. The molecule has 2 heterocycles. The number of aryl methyl sites for hydroxylation is 1. The van der Waals surface area contributed by atoms with Crippen molar-refractivity contribution in [3.05, 3.63) is 29.1 Å². The van der Waals surface area contributed by atoms with Crippen LogP contribution in [0.3, 0.4) is 0 Å². The van der Waals surface area contributed by atoms with Crippen LogP contribution in [0.5, 0.6) is 0 Å². The molecule has 1 atom stereocenters. The molecule has 0 aromatic carbocycles. The van der Waals surface area contributed by atoms with Crippen LogP contribution in [0, 0.1) is 5.92 Å². The third kappa shape index (κ3) is 2.53. The Kier molecular flexibility index (Phi) is 3.79. The SMILES string of the molecule is CCc1cnc(C2=NC(C)(C(C)C)CN2)c(C(=O)O)c1. The van der Waals surface area contributed by atoms with Crippen LogP contribution in [0.15, 0.2) is 17.3 Å². The van der Waals surface area contributed by atoms with Gasteiger partial charge in [0.15, 0.2) is 0 Å². The number of amidine groups is 1. The molecule has 20 heavy (non-hydrogen) atoms. The lowest BCUT2D eigenvalue weighted by atomic mass is 9.90. The van der Waals surface area contributed by atoms with Gasteiger partial charge in [0.25, 0.3) is 0 Å². The number of pyridine rings is 1. The molecule has 0 amide bonds. The first kappa shape index (κ1) is 14.5. The summed E-state index contributed by atoms with van der Waals surface area (Å²) in [7, 11) is 0. The summed E-state index contributed by atoms with van der Waals surface area (Å²) in [5.74, 6) is -0.0117. The summed E-state index contributed by atoms with van der Waals surface area (Å²) in [5, 5.41) is 12.6. The molecular weight excluding hydrogens is 254 g/mol. The number of aromatic nitrogens is 1. The molecular formula is C15H21N3O2. The quantitative estimate of drug-likeness (QED) is 0.882. The Morgan fingerprint density at radius 2 is 2.25 bits per heavy atom. The first-order valence-electron chi connectivity index (χ1n) is 6.93. The fourth-order valence-electron chi connectivity index (χ4n) is 2.12. The van der Waals surface area contributed by atoms with Crippen LogP contribution in [-0.4, -0.2) is 34.0 Å². The predicted octanol–water partition coefficient (Wildman–Crippen LogP) is 2.11. The lowest BCUT2D eigenvalue weighted by Crippen LogP contribution is -2.34. The zero-order chi connectivity index (χ0) is 14.9. The second-order valence-corrected chi connectivity index (χ2v) is 5.72. The summed E-state index contributed by atoms with van der Waals surface area (Å²) >= 11 is 0. The van der Waals surface area contributed by atoms with Gasteiger partial charge in [0.05, 0.1) is 11.1 Å². The summed E-state index contributed by atoms with van der Waals surface area (Å²) < 4.78 is 0. The van der Waals surface area contributed by atoms with Gasteiger partial charge in [-0.25, -0.2) is 4.79 Å². The Balaban J connectivity index is 2.46. The predicted molar refractivity (Wildman–Crippen MR) is 78.4 cm³/mol. The molecule has 5 heteroatoms. The third-order valence-electron chi connectivity index (χ3n) is 4.03. The molecule has 0 spiro atoms. The normalized spacial score (nSPS) is 21.8. The zero-order valence-corrected chi connectivity index (χ0v) is 12.4. The highest BCUT2D eigenvalue weighted by Crippen LogP contribution is 2.26. The maximum atomic E-state index is 11.4. The van der Waals surface area contributed by atoms with Gasteiger partial charge in [0, 0.05) is 12.7 Å². The molecule has 108 valence electrons. The fourth-order valence-corrected chi connectivity index (χ4v) is 2.12. The van der Waals surface area contributed by atoms with Crippen molar-refractivity contribution in [2.45, 2.75) is 39.7 Å². The summed E-state index contributed by atoms with van der Waals surface area (Å²) in [4.78, 5) is 20.4. The second-order valence-electron chi connectivity index (χ2n) is 5.72. The smallest absolute Gasteiger partial charge is 0.338 e. The molecule has 1 unspecified atom stereocenters. The number of nitrogens with zero attached hydrogens (tertiary/aromatic N) is 2. The Bertz CT molecular complexity index is 566. The molecule has 0 saturated heterocycles. The van der Waals surface area contributed by atoms with Crippen molar-refractivity contribution in [1.82, 2.24) is 10.3 Å². The number of hydrogen-bond acceptors (Lipinski definition) is 4. The van der Waals surface area contributed by atoms with Crippen molar-refractivity contribution in [1.29, 1.82) is 0 Å². The molecule has 5 nitrogen and oxygen atoms in total. The van der Waals surface area contributed by atoms with Crippen molar-refractivity contribution in [2.24, 2.45) is 10.9 Å². The van der Waals surface area contributed by atoms with Crippen LogP contribution in [0.1, 0.15) is 49.3 Å². The van der Waals surface area contributed by atoms with Gasteiger partial charge in [-0.1, -0.05) is 20.8 Å². The van der Waals surface area contributed by atoms with E-state index in [1.165, 1.54) is 0 Å². The topological polar surface area (TPSA) is 74.6 Å². The Labute approximate surface area is 119 Å². The molecule has 1 aliphatic heterocycles. The highest BCUT2D eigenvalue weighted by atomic mass is 16.4. The van der Waals surface area contributed by atoms with E-state index in [1.54, 1.807) is 12.3 Å². The Morgan fingerprint density at radius 3 is 2.75 bits per heavy atom. The monoisotopic (exact) mass is 275 g/mol. The number of nitrogens with one attached hydrogen (secondary N) is 1. The standard InChI is InChI=1S/C15H21N3O2/c1-5-10-6-11(14(19)20)12(16-7-10)13-17-8-15(4,18-13)9(2)3/h6-7,9H,5,8H2,1-4H3,(H,17,18)(H,19,20). The van der Waals surface area contributed by atoms with Gasteiger partial charge in [-0.05, 0) is 30.9 Å². The van der Waals surface area contributed by atoms with Gasteiger partial charge in [-0.15, -0.1) is 0 Å². The number of aliphatic imine (C=N–C) groups is 1. The number of carboxylic acid groups (broad SMARTS) is 1. The largest absolute Gasteiger partial charge is 0.478 e. The van der Waals surface area contributed by atoms with Crippen molar-refractivity contribution >= 4 is 11.8 Å². The van der Waals surface area contributed by atoms with Crippen LogP contribution in [-0.2, 0) is 6.42 Å². The summed E-state index contributed by atoms with van der Waals surface area (Å²) in [6.45, 7) is 8.97. The minimum absolute atomic E-state index is 0.212. The van der Waals surface area contributed by atoms with Crippen molar-refractivity contribution in [3.8, 4) is 0 Å². The van der Waals surface area contributed by atoms with E-state index in [0.717, 1.165) is 12.0 Å². The van der Waals surface area contributed by atoms with E-state index in [9.17, 15) is 9.90 Å². The van der Waals surface area contributed by atoms with Gasteiger partial charge in [0.2, 0.25) is 0 Å². The van der Waals surface area contributed by atoms with Gasteiger partial charge in [0.1, 0.15) is 11.5 Å². The molecule has 0 radical (unpaired) electrons. The van der Waals surface area contributed by atoms with Crippen molar-refractivity contribution < 1.29 is 9.90 Å². The highest BCUT2D eigenvalue weighted by molar-refractivity contribution is 6.06. The summed E-state index contributed by atoms with van der Waals surface area (Å²) in [5.41, 5.74) is 1.34. The molecule has 0 bridgehead atoms. The van der Waals surface area contributed by atoms with E-state index < -0.39 is 5.97 Å². The lowest BCUT2D eigenvalue weighted by Gasteiger charge is -2.23. The van der Waals surface area contributed by atoms with Crippen LogP contribution >= 0.6 is 0 Å². The maximum absolute atomic E-state index is 11.4. The molecule has 0 fully saturated rings. The van der Waals surface area contributed by atoms with E-state index in [4.69, 9.17) is 0 Å². The van der Waals surface area contributed by atoms with Gasteiger partial charge in [-0.3, -0.25) is 9.98 Å². The van der Waals surface area contributed by atoms with Crippen LogP contribution < -0.4 is 5.32 Å². The van der Waals surface area contributed by atoms with E-state index in [0.29, 0.717) is 24.0 Å². The number of aromatic carboxylic acids is 1. The molecule has 2 rings (SSSR count). The first-order chi connectivity index (χ1) is 9.37. The first-order valence-corrected chi connectivity index (χ1v) is 6.93. The number of carboxylic acids is 1. The summed E-state index contributed by atoms with van der Waals surface area (Å²) in [6.07, 6.45) is 2.48. The van der Waals surface area contributed by atoms with Gasteiger partial charge < -0.3 is 10.4 Å². The molecule has 2 N–H and O–H groups in total. The minimum atomic E-state index is -0.967. The van der Waals surface area contributed by atoms with E-state index >= 15 is 0 Å². The highest BCUT2D eigenvalue weighted by Gasteiger charge is 2.34. The van der Waals surface area contributed by atoms with Crippen molar-refractivity contribution in [3.63, 3.8) is 0 Å².